The zero-order chi connectivity index (χ0) is 31.9. The number of ether oxygens (including phenoxy) is 1. The lowest BCUT2D eigenvalue weighted by Gasteiger charge is -2.38. The van der Waals surface area contributed by atoms with E-state index >= 15 is 0 Å². The minimum Gasteiger partial charge on any atom is -0.486 e. The zero-order valence-electron chi connectivity index (χ0n) is 25.7. The van der Waals surface area contributed by atoms with E-state index < -0.39 is 17.9 Å². The van der Waals surface area contributed by atoms with Gasteiger partial charge in [0.25, 0.3) is 5.91 Å². The highest BCUT2D eigenvalue weighted by Crippen LogP contribution is 2.35. The Kier molecular flexibility index (Phi) is 10.1. The van der Waals surface area contributed by atoms with Crippen molar-refractivity contribution in [3.05, 3.63) is 114 Å². The highest BCUT2D eigenvalue weighted by atomic mass is 19.1. The van der Waals surface area contributed by atoms with Gasteiger partial charge in [-0.1, -0.05) is 67.6 Å². The van der Waals surface area contributed by atoms with Gasteiger partial charge in [-0.2, -0.15) is 0 Å². The first-order valence-corrected chi connectivity index (χ1v) is 15.1. The van der Waals surface area contributed by atoms with Gasteiger partial charge >= 0.3 is 6.03 Å². The summed E-state index contributed by atoms with van der Waals surface area (Å²) in [6.45, 7) is 5.28. The molecule has 0 bridgehead atoms. The molecule has 5 rings (SSSR count). The average molecular weight is 611 g/mol. The number of hydrogen-bond acceptors (Lipinski definition) is 5. The van der Waals surface area contributed by atoms with Gasteiger partial charge in [-0.25, -0.2) is 9.18 Å². The lowest BCUT2D eigenvalue weighted by Crippen LogP contribution is -2.49. The summed E-state index contributed by atoms with van der Waals surface area (Å²) in [5.41, 5.74) is 4.52. The van der Waals surface area contributed by atoms with E-state index in [0.717, 1.165) is 11.1 Å². The summed E-state index contributed by atoms with van der Waals surface area (Å²) < 4.78 is 20.0. The molecule has 1 aliphatic rings. The van der Waals surface area contributed by atoms with Gasteiger partial charge in [0.1, 0.15) is 11.9 Å². The highest BCUT2D eigenvalue weighted by molar-refractivity contribution is 6.04. The van der Waals surface area contributed by atoms with Gasteiger partial charge in [0, 0.05) is 31.2 Å². The second kappa shape index (κ2) is 14.4. The average Bonchev–Trinajstić information content (AvgIpc) is 3.04. The molecule has 0 spiro atoms. The van der Waals surface area contributed by atoms with E-state index in [9.17, 15) is 19.1 Å². The van der Waals surface area contributed by atoms with Crippen LogP contribution >= 0.6 is 0 Å². The number of nitrogens with one attached hydrogen (secondary N) is 2. The number of aliphatic hydroxyl groups is 1. The summed E-state index contributed by atoms with van der Waals surface area (Å²) in [6.07, 6.45) is -0.345. The molecule has 3 N–H and O–H groups in total. The van der Waals surface area contributed by atoms with Gasteiger partial charge in [0.15, 0.2) is 5.75 Å². The van der Waals surface area contributed by atoms with Crippen LogP contribution in [0.3, 0.4) is 0 Å². The number of benzene rings is 4. The Morgan fingerprint density at radius 2 is 1.67 bits per heavy atom. The molecule has 0 aromatic heterocycles. The van der Waals surface area contributed by atoms with Crippen LogP contribution in [0.2, 0.25) is 0 Å². The Bertz CT molecular complexity index is 1600. The molecule has 0 fully saturated rings. The molecule has 0 aliphatic carbocycles. The van der Waals surface area contributed by atoms with Crippen molar-refractivity contribution < 1.29 is 23.8 Å². The number of para-hydroxylation sites is 1. The topological polar surface area (TPSA) is 94.1 Å². The normalized spacial score (nSPS) is 17.1. The molecule has 9 heteroatoms. The van der Waals surface area contributed by atoms with Crippen LogP contribution in [0.1, 0.15) is 29.8 Å². The predicted octanol–water partition coefficient (Wildman–Crippen LogP) is 6.49. The number of nitrogens with zero attached hydrogens (tertiary/aromatic N) is 2. The lowest BCUT2D eigenvalue weighted by molar-refractivity contribution is 0.0343. The summed E-state index contributed by atoms with van der Waals surface area (Å²) in [5.74, 6) is -0.524. The van der Waals surface area contributed by atoms with Gasteiger partial charge in [-0.05, 0) is 67.1 Å². The number of amides is 3. The monoisotopic (exact) mass is 610 g/mol. The largest absolute Gasteiger partial charge is 0.486 e. The zero-order valence-corrected chi connectivity index (χ0v) is 25.7. The first-order chi connectivity index (χ1) is 21.7. The molecule has 3 amide bonds. The summed E-state index contributed by atoms with van der Waals surface area (Å²) in [5, 5.41) is 15.5. The van der Waals surface area contributed by atoms with E-state index in [1.54, 1.807) is 23.1 Å². The van der Waals surface area contributed by atoms with Crippen LogP contribution in [0, 0.1) is 11.7 Å². The molecule has 0 radical (unpaired) electrons. The van der Waals surface area contributed by atoms with Crippen LogP contribution in [0.5, 0.6) is 5.75 Å². The highest BCUT2D eigenvalue weighted by Gasteiger charge is 2.34. The van der Waals surface area contributed by atoms with E-state index in [1.165, 1.54) is 29.8 Å². The quantitative estimate of drug-likeness (QED) is 0.202. The molecule has 8 nitrogen and oxygen atoms in total. The number of carbonyl (C=O) groups is 2. The molecule has 234 valence electrons. The van der Waals surface area contributed by atoms with Crippen molar-refractivity contribution in [2.24, 2.45) is 5.92 Å². The number of rotatable bonds is 9. The van der Waals surface area contributed by atoms with E-state index in [4.69, 9.17) is 4.74 Å². The fraction of sp³-hybridized carbons (Fsp3) is 0.278. The van der Waals surface area contributed by atoms with Gasteiger partial charge in [0.2, 0.25) is 0 Å². The number of urea groups is 1. The first kappa shape index (κ1) is 31.7. The van der Waals surface area contributed by atoms with Crippen LogP contribution < -0.4 is 15.4 Å². The van der Waals surface area contributed by atoms with Crippen molar-refractivity contribution in [1.29, 1.82) is 0 Å². The molecule has 0 unspecified atom stereocenters. The second-order valence-corrected chi connectivity index (χ2v) is 11.7. The van der Waals surface area contributed by atoms with Gasteiger partial charge in [-0.15, -0.1) is 0 Å². The lowest BCUT2D eigenvalue weighted by atomic mass is 9.98. The van der Waals surface area contributed by atoms with E-state index in [2.05, 4.69) is 51.9 Å². The predicted molar refractivity (Wildman–Crippen MR) is 175 cm³/mol. The summed E-state index contributed by atoms with van der Waals surface area (Å²) in [4.78, 5) is 30.5. The van der Waals surface area contributed by atoms with Crippen LogP contribution in [0.15, 0.2) is 97.1 Å². The maximum absolute atomic E-state index is 13.8. The number of anilines is 2. The maximum Gasteiger partial charge on any atom is 0.323 e. The Hall–Kier alpha value is -4.73. The van der Waals surface area contributed by atoms with Crippen LogP contribution in [0.25, 0.3) is 11.1 Å². The Morgan fingerprint density at radius 1 is 0.978 bits per heavy atom. The number of likely N-dealkylation sites (N-methyl/N-ethyl adjacent to an activating group) is 1. The molecule has 4 aromatic carbocycles. The molecule has 0 saturated heterocycles. The summed E-state index contributed by atoms with van der Waals surface area (Å²) in [7, 11) is 2.03. The Balaban J connectivity index is 1.37. The Morgan fingerprint density at radius 3 is 2.36 bits per heavy atom. The van der Waals surface area contributed by atoms with Gasteiger partial charge in [-0.3, -0.25) is 9.69 Å². The molecule has 1 heterocycles. The molecule has 3 atom stereocenters. The third-order valence-corrected chi connectivity index (χ3v) is 8.05. The number of hydrogen-bond donors (Lipinski definition) is 3. The summed E-state index contributed by atoms with van der Waals surface area (Å²) in [6, 6.07) is 28.2. The molecule has 1 aliphatic heterocycles. The minimum absolute atomic E-state index is 0.0971. The maximum atomic E-state index is 13.8. The molecule has 4 aromatic rings. The van der Waals surface area contributed by atoms with Crippen molar-refractivity contribution in [2.75, 3.05) is 37.4 Å². The number of aliphatic hydroxyl groups excluding tert-OH is 1. The third-order valence-electron chi connectivity index (χ3n) is 8.05. The van der Waals surface area contributed by atoms with Gasteiger partial charge in [0.05, 0.1) is 23.9 Å². The van der Waals surface area contributed by atoms with E-state index in [0.29, 0.717) is 36.6 Å². The SMILES string of the molecule is C[C@@H]1CN([C@@H](C)CO)C(=O)c2cccc(NC(=O)Nc3ccc(F)cc3)c2O[C@H]1CN(C)Cc1ccc(-c2ccccc2)cc1. The second-order valence-electron chi connectivity index (χ2n) is 11.7. The van der Waals surface area contributed by atoms with Crippen LogP contribution in [0.4, 0.5) is 20.6 Å². The molecular weight excluding hydrogens is 571 g/mol. The minimum atomic E-state index is -0.561. The molecular formula is C36H39FN4O4. The third kappa shape index (κ3) is 7.87. The van der Waals surface area contributed by atoms with Gasteiger partial charge < -0.3 is 25.4 Å². The first-order valence-electron chi connectivity index (χ1n) is 15.1. The number of carbonyl (C=O) groups excluding carboxylic acids is 2. The van der Waals surface area contributed by atoms with Crippen molar-refractivity contribution in [1.82, 2.24) is 9.80 Å². The standard InChI is InChI=1S/C36H39FN4O4/c1-24-20-41(25(2)23-42)35(43)31-10-7-11-32(39-36(44)38-30-18-16-29(37)17-19-30)34(31)45-33(24)22-40(3)21-26-12-14-28(15-13-26)27-8-5-4-6-9-27/h4-19,24-25,33,42H,20-23H2,1-3H3,(H2,38,39,44)/t24-,25+,33+/m1/s1. The Labute approximate surface area is 263 Å². The van der Waals surface area contributed by atoms with Crippen molar-refractivity contribution in [3.8, 4) is 16.9 Å². The van der Waals surface area contributed by atoms with E-state index in [-0.39, 0.29) is 30.3 Å². The van der Waals surface area contributed by atoms with Crippen LogP contribution in [-0.4, -0.2) is 65.7 Å². The smallest absolute Gasteiger partial charge is 0.323 e. The van der Waals surface area contributed by atoms with Crippen molar-refractivity contribution in [2.45, 2.75) is 32.5 Å². The fourth-order valence-electron chi connectivity index (χ4n) is 5.49. The number of halogens is 1. The van der Waals surface area contributed by atoms with E-state index in [1.807, 2.05) is 39.1 Å². The number of fused-ring (bicyclic) bond motifs is 1. The van der Waals surface area contributed by atoms with Crippen molar-refractivity contribution in [3.63, 3.8) is 0 Å². The molecule has 0 saturated carbocycles. The molecule has 45 heavy (non-hydrogen) atoms. The summed E-state index contributed by atoms with van der Waals surface area (Å²) >= 11 is 0. The van der Waals surface area contributed by atoms with Crippen molar-refractivity contribution >= 4 is 23.3 Å². The fourth-order valence-corrected chi connectivity index (χ4v) is 5.49. The van der Waals surface area contributed by atoms with Crippen LogP contribution in [-0.2, 0) is 6.54 Å².